The van der Waals surface area contributed by atoms with E-state index in [0.29, 0.717) is 19.3 Å². The van der Waals surface area contributed by atoms with E-state index >= 15 is 0 Å². The average Bonchev–Trinajstić information content (AvgIpc) is 2.69. The number of ether oxygens (including phenoxy) is 2. The van der Waals surface area contributed by atoms with Crippen molar-refractivity contribution < 1.29 is 9.47 Å². The Morgan fingerprint density at radius 3 is 2.65 bits per heavy atom. The normalized spacial score (nSPS) is 25.6. The van der Waals surface area contributed by atoms with Crippen LogP contribution in [-0.4, -0.2) is 44.4 Å². The van der Waals surface area contributed by atoms with Gasteiger partial charge in [0.15, 0.2) is 0 Å². The molecule has 2 heterocycles. The molecule has 2 atom stereocenters. The second-order valence-corrected chi connectivity index (χ2v) is 5.73. The minimum absolute atomic E-state index is 0.605. The number of benzene rings is 1. The van der Waals surface area contributed by atoms with Gasteiger partial charge < -0.3 is 9.47 Å². The summed E-state index contributed by atoms with van der Waals surface area (Å²) in [5.74, 6) is 0.919. The summed E-state index contributed by atoms with van der Waals surface area (Å²) < 4.78 is 10.6. The van der Waals surface area contributed by atoms with E-state index in [1.54, 1.807) is 7.11 Å². The number of hydrogen-bond donors (Lipinski definition) is 0. The van der Waals surface area contributed by atoms with Crippen LogP contribution in [0.1, 0.15) is 24.8 Å². The summed E-state index contributed by atoms with van der Waals surface area (Å²) in [5.41, 5.74) is 2.84. The number of likely N-dealkylation sites (N-methyl/N-ethyl adjacent to an activating group) is 1. The Kier molecular flexibility index (Phi) is 4.08. The fourth-order valence-corrected chi connectivity index (χ4v) is 3.26. The van der Waals surface area contributed by atoms with Crippen molar-refractivity contribution in [3.05, 3.63) is 35.9 Å². The summed E-state index contributed by atoms with van der Waals surface area (Å²) in [5, 5.41) is 0. The molecule has 3 rings (SSSR count). The van der Waals surface area contributed by atoms with Crippen molar-refractivity contribution in [3.8, 4) is 5.75 Å². The van der Waals surface area contributed by atoms with Crippen LogP contribution < -0.4 is 4.74 Å². The molecule has 0 radical (unpaired) electrons. The molecule has 1 aromatic rings. The maximum Gasteiger partial charge on any atom is 0.119 e. The standard InChI is InChI=1S/C17H23NO2/c1-18-15-5-6-16(18)12-14(11-15)13-3-7-17(8-4-13)20-10-9-19-2/h3-4,7-8,11,15-16H,5-6,9-10,12H2,1-2H3. The molecule has 0 spiro atoms. The van der Waals surface area contributed by atoms with Gasteiger partial charge in [-0.25, -0.2) is 0 Å². The van der Waals surface area contributed by atoms with Gasteiger partial charge >= 0.3 is 0 Å². The summed E-state index contributed by atoms with van der Waals surface area (Å²) in [6.45, 7) is 1.23. The Bertz CT molecular complexity index is 480. The lowest BCUT2D eigenvalue weighted by Crippen LogP contribution is -2.34. The highest BCUT2D eigenvalue weighted by atomic mass is 16.5. The number of nitrogens with zero attached hydrogens (tertiary/aromatic N) is 1. The van der Waals surface area contributed by atoms with Crippen LogP contribution in [0, 0.1) is 0 Å². The Balaban J connectivity index is 1.68. The Morgan fingerprint density at radius 2 is 1.95 bits per heavy atom. The van der Waals surface area contributed by atoms with Gasteiger partial charge in [0.05, 0.1) is 6.61 Å². The molecular weight excluding hydrogens is 250 g/mol. The molecule has 2 unspecified atom stereocenters. The minimum atomic E-state index is 0.605. The molecule has 3 nitrogen and oxygen atoms in total. The van der Waals surface area contributed by atoms with Crippen molar-refractivity contribution in [1.82, 2.24) is 4.90 Å². The lowest BCUT2D eigenvalue weighted by molar-refractivity contribution is 0.146. The lowest BCUT2D eigenvalue weighted by atomic mass is 9.95. The van der Waals surface area contributed by atoms with Gasteiger partial charge in [-0.15, -0.1) is 0 Å². The molecule has 0 amide bonds. The van der Waals surface area contributed by atoms with E-state index in [4.69, 9.17) is 9.47 Å². The number of hydrogen-bond acceptors (Lipinski definition) is 3. The van der Waals surface area contributed by atoms with Gasteiger partial charge in [-0.3, -0.25) is 4.90 Å². The van der Waals surface area contributed by atoms with Gasteiger partial charge in [0.2, 0.25) is 0 Å². The summed E-state index contributed by atoms with van der Waals surface area (Å²) >= 11 is 0. The molecule has 1 saturated heterocycles. The van der Waals surface area contributed by atoms with Gasteiger partial charge in [-0.05, 0) is 49.6 Å². The van der Waals surface area contributed by atoms with E-state index in [0.717, 1.165) is 11.8 Å². The average molecular weight is 273 g/mol. The third kappa shape index (κ3) is 2.74. The minimum Gasteiger partial charge on any atom is -0.491 e. The maximum atomic E-state index is 5.61. The molecule has 3 heteroatoms. The molecule has 2 aliphatic heterocycles. The zero-order valence-electron chi connectivity index (χ0n) is 12.3. The van der Waals surface area contributed by atoms with Gasteiger partial charge in [-0.2, -0.15) is 0 Å². The molecule has 0 N–H and O–H groups in total. The molecule has 108 valence electrons. The Hall–Kier alpha value is -1.32. The maximum absolute atomic E-state index is 5.61. The Morgan fingerprint density at radius 1 is 1.15 bits per heavy atom. The van der Waals surface area contributed by atoms with E-state index in [2.05, 4.69) is 42.3 Å². The van der Waals surface area contributed by atoms with Gasteiger partial charge in [0.1, 0.15) is 12.4 Å². The first-order chi connectivity index (χ1) is 9.78. The van der Waals surface area contributed by atoms with E-state index in [9.17, 15) is 0 Å². The molecule has 1 aromatic carbocycles. The zero-order valence-corrected chi connectivity index (χ0v) is 12.3. The predicted molar refractivity (Wildman–Crippen MR) is 81.0 cm³/mol. The number of methoxy groups -OCH3 is 1. The summed E-state index contributed by atoms with van der Waals surface area (Å²) in [7, 11) is 3.94. The van der Waals surface area contributed by atoms with E-state index in [1.165, 1.54) is 30.4 Å². The summed E-state index contributed by atoms with van der Waals surface area (Å²) in [6.07, 6.45) is 6.27. The van der Waals surface area contributed by atoms with Crippen LogP contribution in [0.5, 0.6) is 5.75 Å². The molecular formula is C17H23NO2. The first kappa shape index (κ1) is 13.7. The van der Waals surface area contributed by atoms with Crippen LogP contribution in [0.2, 0.25) is 0 Å². The van der Waals surface area contributed by atoms with Gasteiger partial charge in [0.25, 0.3) is 0 Å². The van der Waals surface area contributed by atoms with Crippen LogP contribution in [0.3, 0.4) is 0 Å². The molecule has 20 heavy (non-hydrogen) atoms. The fraction of sp³-hybridized carbons (Fsp3) is 0.529. The van der Waals surface area contributed by atoms with Gasteiger partial charge in [0, 0.05) is 19.2 Å². The van der Waals surface area contributed by atoms with E-state index in [-0.39, 0.29) is 0 Å². The summed E-state index contributed by atoms with van der Waals surface area (Å²) in [4.78, 5) is 2.52. The van der Waals surface area contributed by atoms with Crippen molar-refractivity contribution in [2.24, 2.45) is 0 Å². The SMILES string of the molecule is COCCOc1ccc(C2=CC3CCC(C2)N3C)cc1. The van der Waals surface area contributed by atoms with Crippen LogP contribution in [0.15, 0.2) is 30.3 Å². The molecule has 2 bridgehead atoms. The molecule has 0 aromatic heterocycles. The second kappa shape index (κ2) is 5.98. The van der Waals surface area contributed by atoms with Crippen LogP contribution in [-0.2, 0) is 4.74 Å². The highest BCUT2D eigenvalue weighted by molar-refractivity contribution is 5.68. The van der Waals surface area contributed by atoms with Crippen molar-refractivity contribution in [2.45, 2.75) is 31.3 Å². The Labute approximate surface area is 121 Å². The second-order valence-electron chi connectivity index (χ2n) is 5.73. The third-order valence-electron chi connectivity index (χ3n) is 4.53. The smallest absolute Gasteiger partial charge is 0.119 e. The molecule has 0 saturated carbocycles. The molecule has 2 aliphatic rings. The quantitative estimate of drug-likeness (QED) is 0.770. The lowest BCUT2D eigenvalue weighted by Gasteiger charge is -2.30. The van der Waals surface area contributed by atoms with Crippen molar-refractivity contribution >= 4 is 5.57 Å². The molecule has 0 aliphatic carbocycles. The van der Waals surface area contributed by atoms with E-state index in [1.807, 2.05) is 0 Å². The largest absolute Gasteiger partial charge is 0.491 e. The molecule has 1 fully saturated rings. The first-order valence-corrected chi connectivity index (χ1v) is 7.43. The van der Waals surface area contributed by atoms with Crippen LogP contribution >= 0.6 is 0 Å². The van der Waals surface area contributed by atoms with E-state index < -0.39 is 0 Å². The topological polar surface area (TPSA) is 21.7 Å². The summed E-state index contributed by atoms with van der Waals surface area (Å²) in [6, 6.07) is 9.86. The zero-order chi connectivity index (χ0) is 13.9. The van der Waals surface area contributed by atoms with Crippen molar-refractivity contribution in [1.29, 1.82) is 0 Å². The first-order valence-electron chi connectivity index (χ1n) is 7.43. The number of rotatable bonds is 5. The highest BCUT2D eigenvalue weighted by Gasteiger charge is 2.33. The van der Waals surface area contributed by atoms with Crippen molar-refractivity contribution in [3.63, 3.8) is 0 Å². The van der Waals surface area contributed by atoms with Crippen LogP contribution in [0.25, 0.3) is 5.57 Å². The van der Waals surface area contributed by atoms with Crippen LogP contribution in [0.4, 0.5) is 0 Å². The number of fused-ring (bicyclic) bond motifs is 2. The highest BCUT2D eigenvalue weighted by Crippen LogP contribution is 2.37. The van der Waals surface area contributed by atoms with Crippen molar-refractivity contribution in [2.75, 3.05) is 27.4 Å². The monoisotopic (exact) mass is 273 g/mol. The fourth-order valence-electron chi connectivity index (χ4n) is 3.26. The third-order valence-corrected chi connectivity index (χ3v) is 4.53. The van der Waals surface area contributed by atoms with Gasteiger partial charge in [-0.1, -0.05) is 18.2 Å². The predicted octanol–water partition coefficient (Wildman–Crippen LogP) is 2.96.